The molecule has 43 valence electrons. The van der Waals surface area contributed by atoms with E-state index in [1.807, 2.05) is 0 Å². The summed E-state index contributed by atoms with van der Waals surface area (Å²) in [6, 6.07) is 0.962. The van der Waals surface area contributed by atoms with Crippen LogP contribution >= 0.6 is 0 Å². The maximum atomic E-state index is 5.16. The molecule has 0 aliphatic heterocycles. The first-order valence-corrected chi connectivity index (χ1v) is 5.58. The van der Waals surface area contributed by atoms with Crippen molar-refractivity contribution in [2.45, 2.75) is 19.1 Å². The lowest BCUT2D eigenvalue weighted by atomic mass is 11.0. The van der Waals surface area contributed by atoms with Gasteiger partial charge in [-0.15, -0.1) is 0 Å². The van der Waals surface area contributed by atoms with Crippen LogP contribution in [0.3, 0.4) is 0 Å². The highest BCUT2D eigenvalue weighted by molar-refractivity contribution is 6.71. The minimum Gasteiger partial charge on any atom is -0.420 e. The van der Waals surface area contributed by atoms with Gasteiger partial charge in [-0.2, -0.15) is 0 Å². The Morgan fingerprint density at radius 1 is 1.57 bits per heavy atom. The molecule has 1 radical (unpaired) electrons. The van der Waals surface area contributed by atoms with Crippen LogP contribution in [0.1, 0.15) is 0 Å². The summed E-state index contributed by atoms with van der Waals surface area (Å²) in [4.78, 5) is 0. The van der Waals surface area contributed by atoms with E-state index in [4.69, 9.17) is 4.43 Å². The first-order chi connectivity index (χ1) is 3.12. The van der Waals surface area contributed by atoms with Crippen molar-refractivity contribution in [2.75, 3.05) is 7.11 Å². The molecule has 0 bridgehead atoms. The summed E-state index contributed by atoms with van der Waals surface area (Å²) < 4.78 is 5.16. The molecule has 0 rings (SSSR count). The van der Waals surface area contributed by atoms with Crippen LogP contribution in [0.5, 0.6) is 0 Å². The molecule has 0 aliphatic rings. The molecule has 0 amide bonds. The van der Waals surface area contributed by atoms with E-state index in [0.29, 0.717) is 0 Å². The molecule has 2 heteroatoms. The van der Waals surface area contributed by atoms with E-state index in [9.17, 15) is 0 Å². The molecule has 0 unspecified atom stereocenters. The second-order valence-corrected chi connectivity index (χ2v) is 6.64. The molecule has 0 aromatic rings. The van der Waals surface area contributed by atoms with E-state index >= 15 is 0 Å². The van der Waals surface area contributed by atoms with E-state index in [2.05, 4.69) is 20.0 Å². The van der Waals surface area contributed by atoms with Gasteiger partial charge in [0, 0.05) is 7.11 Å². The summed E-state index contributed by atoms with van der Waals surface area (Å²) in [5, 5.41) is 0. The minimum absolute atomic E-state index is 0.962. The van der Waals surface area contributed by atoms with Gasteiger partial charge in [0.25, 0.3) is 0 Å². The van der Waals surface area contributed by atoms with Crippen LogP contribution in [0.2, 0.25) is 19.1 Å². The second kappa shape index (κ2) is 2.48. The Hall–Kier alpha value is 0.177. The van der Waals surface area contributed by atoms with Gasteiger partial charge < -0.3 is 4.43 Å². The van der Waals surface area contributed by atoms with E-state index in [-0.39, 0.29) is 0 Å². The average Bonchev–Trinajstić information content (AvgIpc) is 1.68. The molecular weight excluding hydrogens is 104 g/mol. The highest BCUT2D eigenvalue weighted by atomic mass is 28.4. The quantitative estimate of drug-likeness (QED) is 0.500. The van der Waals surface area contributed by atoms with Gasteiger partial charge in [-0.1, -0.05) is 6.92 Å². The second-order valence-electron chi connectivity index (χ2n) is 2.21. The van der Waals surface area contributed by atoms with Gasteiger partial charge in [0.05, 0.1) is 0 Å². The summed E-state index contributed by atoms with van der Waals surface area (Å²) in [6.45, 7) is 8.07. The molecule has 0 aliphatic carbocycles. The first kappa shape index (κ1) is 7.18. The molecule has 0 heterocycles. The van der Waals surface area contributed by atoms with E-state index in [1.54, 1.807) is 7.11 Å². The maximum absolute atomic E-state index is 5.16. The Kier molecular flexibility index (Phi) is 2.54. The Labute approximate surface area is 46.8 Å². The molecule has 0 fully saturated rings. The van der Waals surface area contributed by atoms with Gasteiger partial charge in [0.15, 0.2) is 8.32 Å². The Morgan fingerprint density at radius 2 is 2.00 bits per heavy atom. The van der Waals surface area contributed by atoms with Crippen molar-refractivity contribution in [2.24, 2.45) is 0 Å². The molecule has 0 saturated heterocycles. The van der Waals surface area contributed by atoms with Gasteiger partial charge in [0.2, 0.25) is 0 Å². The maximum Gasteiger partial charge on any atom is 0.186 e. The number of hydrogen-bond donors (Lipinski definition) is 0. The summed E-state index contributed by atoms with van der Waals surface area (Å²) in [7, 11) is 0.499. The van der Waals surface area contributed by atoms with Crippen molar-refractivity contribution in [1.29, 1.82) is 0 Å². The zero-order valence-electron chi connectivity index (χ0n) is 5.32. The van der Waals surface area contributed by atoms with E-state index in [1.165, 1.54) is 0 Å². The highest BCUT2D eigenvalue weighted by Crippen LogP contribution is 2.06. The Morgan fingerprint density at radius 3 is 2.00 bits per heavy atom. The molecule has 0 saturated carbocycles. The van der Waals surface area contributed by atoms with Crippen molar-refractivity contribution in [1.82, 2.24) is 0 Å². The number of hydrogen-bond acceptors (Lipinski definition) is 1. The van der Waals surface area contributed by atoms with E-state index < -0.39 is 8.32 Å². The zero-order chi connectivity index (χ0) is 5.91. The lowest BCUT2D eigenvalue weighted by Crippen LogP contribution is -2.26. The van der Waals surface area contributed by atoms with Crippen LogP contribution in [-0.2, 0) is 4.43 Å². The average molecular weight is 117 g/mol. The Bertz CT molecular complexity index is 46.0. The molecule has 0 atom stereocenters. The van der Waals surface area contributed by atoms with Crippen molar-refractivity contribution in [3.05, 3.63) is 6.92 Å². The fraction of sp³-hybridized carbons (Fsp3) is 0.800. The molecular formula is C5H13OSi. The van der Waals surface area contributed by atoms with Crippen LogP contribution in [0.4, 0.5) is 0 Å². The van der Waals surface area contributed by atoms with Crippen molar-refractivity contribution in [3.63, 3.8) is 0 Å². The minimum atomic E-state index is -1.26. The van der Waals surface area contributed by atoms with Crippen LogP contribution < -0.4 is 0 Å². The van der Waals surface area contributed by atoms with Gasteiger partial charge in [-0.3, -0.25) is 0 Å². The smallest absolute Gasteiger partial charge is 0.186 e. The monoisotopic (exact) mass is 117 g/mol. The molecule has 0 aromatic carbocycles. The normalized spacial score (nSPS) is 12.0. The van der Waals surface area contributed by atoms with E-state index in [0.717, 1.165) is 6.04 Å². The first-order valence-electron chi connectivity index (χ1n) is 2.47. The molecule has 0 spiro atoms. The fourth-order valence-electron chi connectivity index (χ4n) is 0.102. The molecule has 0 N–H and O–H groups in total. The van der Waals surface area contributed by atoms with Crippen LogP contribution in [0.15, 0.2) is 0 Å². The fourth-order valence-corrected chi connectivity index (χ4v) is 0.306. The predicted octanol–water partition coefficient (Wildman–Crippen LogP) is 1.67. The van der Waals surface area contributed by atoms with Crippen LogP contribution in [0.25, 0.3) is 0 Å². The van der Waals surface area contributed by atoms with Gasteiger partial charge in [-0.05, 0) is 19.1 Å². The van der Waals surface area contributed by atoms with Gasteiger partial charge >= 0.3 is 0 Å². The summed E-state index contributed by atoms with van der Waals surface area (Å²) in [5.41, 5.74) is 0. The third-order valence-corrected chi connectivity index (χ3v) is 3.46. The van der Waals surface area contributed by atoms with Crippen LogP contribution in [-0.4, -0.2) is 15.4 Å². The SMILES string of the molecule is [CH2]C[Si](C)(C)OC. The van der Waals surface area contributed by atoms with Crippen molar-refractivity contribution in [3.8, 4) is 0 Å². The summed E-state index contributed by atoms with van der Waals surface area (Å²) >= 11 is 0. The Balaban J connectivity index is 3.36. The van der Waals surface area contributed by atoms with Gasteiger partial charge in [-0.25, -0.2) is 0 Å². The lowest BCUT2D eigenvalue weighted by Gasteiger charge is -2.15. The summed E-state index contributed by atoms with van der Waals surface area (Å²) in [5.74, 6) is 0. The molecule has 1 nitrogen and oxygen atoms in total. The standard InChI is InChI=1S/C5H13OSi/c1-5-7(3,4)6-2/h1,5H2,2-4H3. The summed E-state index contributed by atoms with van der Waals surface area (Å²) in [6.07, 6.45) is 0. The third kappa shape index (κ3) is 2.82. The number of rotatable bonds is 2. The van der Waals surface area contributed by atoms with Crippen LogP contribution in [0, 0.1) is 6.92 Å². The predicted molar refractivity (Wildman–Crippen MR) is 34.7 cm³/mol. The zero-order valence-corrected chi connectivity index (χ0v) is 6.32. The largest absolute Gasteiger partial charge is 0.420 e. The van der Waals surface area contributed by atoms with Crippen molar-refractivity contribution >= 4 is 8.32 Å². The topological polar surface area (TPSA) is 9.23 Å². The van der Waals surface area contributed by atoms with Gasteiger partial charge in [0.1, 0.15) is 0 Å². The highest BCUT2D eigenvalue weighted by Gasteiger charge is 2.15. The molecule has 7 heavy (non-hydrogen) atoms. The lowest BCUT2D eigenvalue weighted by molar-refractivity contribution is 0.407. The van der Waals surface area contributed by atoms with Crippen molar-refractivity contribution < 1.29 is 4.43 Å². The third-order valence-electron chi connectivity index (χ3n) is 1.15. The molecule has 0 aromatic heterocycles.